The summed E-state index contributed by atoms with van der Waals surface area (Å²) in [6.07, 6.45) is -2.81. The number of nitrogens with zero attached hydrogens (tertiary/aromatic N) is 3. The predicted molar refractivity (Wildman–Crippen MR) is 189 cm³/mol. The first-order chi connectivity index (χ1) is 24.8. The molecule has 9 heteroatoms. The number of aromatic amines is 1. The molecular formula is C41H42N4O5. The molecule has 9 nitrogen and oxygen atoms in total. The molecule has 0 bridgehead atoms. The van der Waals surface area contributed by atoms with Gasteiger partial charge in [-0.05, 0) is 27.8 Å². The molecule has 0 unspecified atom stereocenters. The van der Waals surface area contributed by atoms with Gasteiger partial charge in [0.2, 0.25) is 5.82 Å². The number of aromatic nitrogens is 4. The first kappa shape index (κ1) is 34.8. The van der Waals surface area contributed by atoms with Crippen molar-refractivity contribution in [1.82, 2.24) is 20.6 Å². The van der Waals surface area contributed by atoms with Gasteiger partial charge in [0, 0.05) is 0 Å². The van der Waals surface area contributed by atoms with Crippen LogP contribution in [0.2, 0.25) is 0 Å². The molecule has 256 valence electrons. The fourth-order valence-corrected chi connectivity index (χ4v) is 5.55. The van der Waals surface area contributed by atoms with E-state index in [0.717, 1.165) is 27.8 Å². The van der Waals surface area contributed by atoms with E-state index in [-0.39, 0.29) is 19.8 Å². The summed E-state index contributed by atoms with van der Waals surface area (Å²) in [6, 6.07) is 50.2. The Morgan fingerprint density at radius 1 is 0.440 bits per heavy atom. The van der Waals surface area contributed by atoms with Gasteiger partial charge in [0.15, 0.2) is 6.10 Å². The molecule has 0 aliphatic heterocycles. The van der Waals surface area contributed by atoms with Crippen LogP contribution >= 0.6 is 0 Å². The zero-order valence-corrected chi connectivity index (χ0v) is 27.9. The normalized spacial score (nSPS) is 13.8. The third-order valence-electron chi connectivity index (χ3n) is 8.15. The average Bonchev–Trinajstić information content (AvgIpc) is 3.72. The van der Waals surface area contributed by atoms with E-state index >= 15 is 0 Å². The van der Waals surface area contributed by atoms with Crippen LogP contribution in [0.4, 0.5) is 0 Å². The van der Waals surface area contributed by atoms with Crippen molar-refractivity contribution in [2.75, 3.05) is 6.61 Å². The minimum atomic E-state index is -0.782. The van der Waals surface area contributed by atoms with Crippen molar-refractivity contribution < 1.29 is 23.7 Å². The molecule has 5 aromatic carbocycles. The van der Waals surface area contributed by atoms with Crippen molar-refractivity contribution >= 4 is 0 Å². The lowest BCUT2D eigenvalue weighted by molar-refractivity contribution is -0.203. The van der Waals surface area contributed by atoms with E-state index in [1.54, 1.807) is 0 Å². The standard InChI is InChI=1S/C41H42N4O5/c1-6-16-32(17-7-1)26-46-31-37(47-27-33-18-8-2-9-19-33)38(48-28-34-20-10-3-11-21-34)39(49-29-35-22-12-4-13-23-35)40(41-42-44-45-43-41)50-30-36-24-14-5-15-25-36/h1-25,37-40H,26-31H2,(H,42,43,44,45)/t37-,38-,39+,40+/m1/s1. The SMILES string of the molecule is c1ccc(COC[C@@H](OCc2ccccc2)[C@@H](OCc2ccccc2)[C@H](OCc2ccccc2)[C@H](OCc2ccccc2)c2nn[nH]n2)cc1. The van der Waals surface area contributed by atoms with Crippen LogP contribution in [0.25, 0.3) is 0 Å². The van der Waals surface area contributed by atoms with Crippen LogP contribution in [0.15, 0.2) is 152 Å². The van der Waals surface area contributed by atoms with Gasteiger partial charge < -0.3 is 23.7 Å². The summed E-state index contributed by atoms with van der Waals surface area (Å²) in [7, 11) is 0. The van der Waals surface area contributed by atoms with Crippen molar-refractivity contribution in [3.63, 3.8) is 0 Å². The highest BCUT2D eigenvalue weighted by molar-refractivity contribution is 5.17. The van der Waals surface area contributed by atoms with Gasteiger partial charge in [0.1, 0.15) is 18.3 Å². The highest BCUT2D eigenvalue weighted by Gasteiger charge is 2.41. The maximum Gasteiger partial charge on any atom is 0.206 e. The fourth-order valence-electron chi connectivity index (χ4n) is 5.55. The Labute approximate surface area is 293 Å². The van der Waals surface area contributed by atoms with Crippen molar-refractivity contribution in [2.24, 2.45) is 0 Å². The summed E-state index contributed by atoms with van der Waals surface area (Å²) in [5.74, 6) is 0.347. The van der Waals surface area contributed by atoms with Crippen molar-refractivity contribution in [2.45, 2.75) is 57.5 Å². The molecular weight excluding hydrogens is 628 g/mol. The number of tetrazole rings is 1. The Morgan fingerprint density at radius 3 is 1.28 bits per heavy atom. The van der Waals surface area contributed by atoms with Gasteiger partial charge in [-0.15, -0.1) is 10.2 Å². The highest BCUT2D eigenvalue weighted by atomic mass is 16.6. The fraction of sp³-hybridized carbons (Fsp3) is 0.244. The van der Waals surface area contributed by atoms with Crippen molar-refractivity contribution in [3.05, 3.63) is 185 Å². The van der Waals surface area contributed by atoms with Crippen molar-refractivity contribution in [1.29, 1.82) is 0 Å². The Kier molecular flexibility index (Phi) is 13.4. The highest BCUT2D eigenvalue weighted by Crippen LogP contribution is 2.30. The Bertz CT molecular complexity index is 1750. The van der Waals surface area contributed by atoms with E-state index in [9.17, 15) is 0 Å². The molecule has 0 spiro atoms. The third-order valence-corrected chi connectivity index (χ3v) is 8.15. The van der Waals surface area contributed by atoms with E-state index in [2.05, 4.69) is 20.6 Å². The summed E-state index contributed by atoms with van der Waals surface area (Å²) >= 11 is 0. The van der Waals surface area contributed by atoms with Crippen LogP contribution < -0.4 is 0 Å². The molecule has 6 rings (SSSR count). The first-order valence-electron chi connectivity index (χ1n) is 16.8. The van der Waals surface area contributed by atoms with E-state index in [1.807, 2.05) is 152 Å². The topological polar surface area (TPSA) is 101 Å². The van der Waals surface area contributed by atoms with Gasteiger partial charge in [-0.25, -0.2) is 0 Å². The monoisotopic (exact) mass is 670 g/mol. The van der Waals surface area contributed by atoms with Crippen LogP contribution in [-0.2, 0) is 56.7 Å². The minimum absolute atomic E-state index is 0.226. The van der Waals surface area contributed by atoms with Gasteiger partial charge in [0.05, 0.1) is 39.6 Å². The second-order valence-electron chi connectivity index (χ2n) is 11.8. The van der Waals surface area contributed by atoms with Gasteiger partial charge >= 0.3 is 0 Å². The Hall–Kier alpha value is -5.03. The molecule has 1 heterocycles. The number of ether oxygens (including phenoxy) is 5. The molecule has 0 aliphatic carbocycles. The number of hydrogen-bond acceptors (Lipinski definition) is 8. The third kappa shape index (κ3) is 10.7. The second kappa shape index (κ2) is 19.2. The van der Waals surface area contributed by atoms with E-state index in [0.29, 0.717) is 25.6 Å². The summed E-state index contributed by atoms with van der Waals surface area (Å²) in [5.41, 5.74) is 5.08. The van der Waals surface area contributed by atoms with Gasteiger partial charge in [-0.2, -0.15) is 5.21 Å². The zero-order chi connectivity index (χ0) is 34.1. The van der Waals surface area contributed by atoms with E-state index in [1.165, 1.54) is 0 Å². The number of benzene rings is 5. The maximum atomic E-state index is 6.87. The molecule has 0 saturated heterocycles. The van der Waals surface area contributed by atoms with Crippen LogP contribution in [0.5, 0.6) is 0 Å². The second-order valence-corrected chi connectivity index (χ2v) is 11.8. The van der Waals surface area contributed by atoms with Crippen LogP contribution in [-0.4, -0.2) is 45.5 Å². The largest absolute Gasteiger partial charge is 0.374 e. The molecule has 0 radical (unpaired) electrons. The Morgan fingerprint density at radius 2 is 0.840 bits per heavy atom. The lowest BCUT2D eigenvalue weighted by Gasteiger charge is -2.36. The van der Waals surface area contributed by atoms with E-state index < -0.39 is 24.4 Å². The summed E-state index contributed by atoms with van der Waals surface area (Å²) in [4.78, 5) is 0. The first-order valence-corrected chi connectivity index (χ1v) is 16.8. The molecule has 1 N–H and O–H groups in total. The number of rotatable bonds is 20. The molecule has 0 aliphatic rings. The molecule has 50 heavy (non-hydrogen) atoms. The Balaban J connectivity index is 1.36. The lowest BCUT2D eigenvalue weighted by atomic mass is 10.0. The van der Waals surface area contributed by atoms with Gasteiger partial charge in [0.25, 0.3) is 0 Å². The molecule has 6 aromatic rings. The number of hydrogen-bond donors (Lipinski definition) is 1. The molecule has 1 aromatic heterocycles. The quantitative estimate of drug-likeness (QED) is 0.0896. The van der Waals surface area contributed by atoms with Gasteiger partial charge in [-0.1, -0.05) is 157 Å². The molecule has 0 amide bonds. The summed E-state index contributed by atoms with van der Waals surface area (Å²) < 4.78 is 33.5. The molecule has 4 atom stereocenters. The van der Waals surface area contributed by atoms with Crippen molar-refractivity contribution in [3.8, 4) is 0 Å². The summed E-state index contributed by atoms with van der Waals surface area (Å²) in [5, 5.41) is 15.2. The van der Waals surface area contributed by atoms with Crippen LogP contribution in [0, 0.1) is 0 Å². The molecule has 0 saturated carbocycles. The maximum absolute atomic E-state index is 6.87. The van der Waals surface area contributed by atoms with E-state index in [4.69, 9.17) is 23.7 Å². The zero-order valence-electron chi connectivity index (χ0n) is 27.9. The van der Waals surface area contributed by atoms with Crippen LogP contribution in [0.1, 0.15) is 39.7 Å². The summed E-state index contributed by atoms with van der Waals surface area (Å²) in [6.45, 7) is 1.86. The lowest BCUT2D eigenvalue weighted by Crippen LogP contribution is -2.48. The van der Waals surface area contributed by atoms with Gasteiger partial charge in [-0.3, -0.25) is 0 Å². The predicted octanol–water partition coefficient (Wildman–Crippen LogP) is 7.43. The average molecular weight is 671 g/mol. The van der Waals surface area contributed by atoms with Crippen LogP contribution in [0.3, 0.4) is 0 Å². The number of nitrogens with one attached hydrogen (secondary N) is 1. The minimum Gasteiger partial charge on any atom is -0.374 e. The molecule has 0 fully saturated rings. The number of H-pyrrole nitrogens is 1. The smallest absolute Gasteiger partial charge is 0.206 e.